The Hall–Kier alpha value is -0.960. The van der Waals surface area contributed by atoms with E-state index >= 15 is 0 Å². The highest BCUT2D eigenvalue weighted by Crippen LogP contribution is 2.34. The lowest BCUT2D eigenvalue weighted by Gasteiger charge is -2.32. The Kier molecular flexibility index (Phi) is 3.83. The number of nitrogens with one attached hydrogen (secondary N) is 1. The summed E-state index contributed by atoms with van der Waals surface area (Å²) in [5.74, 6) is 2.06. The second-order valence-electron chi connectivity index (χ2n) is 5.80. The van der Waals surface area contributed by atoms with E-state index in [1.54, 1.807) is 0 Å². The zero-order valence-electron chi connectivity index (χ0n) is 11.8. The Morgan fingerprint density at radius 2 is 2.05 bits per heavy atom. The van der Waals surface area contributed by atoms with Gasteiger partial charge in [0.15, 0.2) is 5.17 Å². The Bertz CT molecular complexity index is 496. The maximum absolute atomic E-state index is 4.94. The maximum atomic E-state index is 4.94. The molecule has 1 saturated carbocycles. The van der Waals surface area contributed by atoms with Crippen LogP contribution in [0.4, 0.5) is 5.69 Å². The van der Waals surface area contributed by atoms with Crippen molar-refractivity contribution in [1.82, 2.24) is 0 Å². The molecule has 2 unspecified atom stereocenters. The molecule has 19 heavy (non-hydrogen) atoms. The summed E-state index contributed by atoms with van der Waals surface area (Å²) in [5.41, 5.74) is 3.80. The van der Waals surface area contributed by atoms with Crippen LogP contribution in [-0.4, -0.2) is 17.0 Å². The maximum Gasteiger partial charge on any atom is 0.161 e. The third-order valence-corrected chi connectivity index (χ3v) is 5.30. The summed E-state index contributed by atoms with van der Waals surface area (Å²) >= 11 is 1.90. The van der Waals surface area contributed by atoms with E-state index in [0.29, 0.717) is 6.04 Å². The molecule has 0 aromatic heterocycles. The second kappa shape index (κ2) is 5.58. The number of hydrogen-bond donors (Lipinski definition) is 1. The molecule has 0 amide bonds. The molecule has 1 aliphatic carbocycles. The van der Waals surface area contributed by atoms with Gasteiger partial charge < -0.3 is 5.32 Å². The molecule has 1 N–H and O–H groups in total. The Morgan fingerprint density at radius 3 is 2.95 bits per heavy atom. The molecule has 1 heterocycles. The molecule has 0 saturated heterocycles. The van der Waals surface area contributed by atoms with Crippen LogP contribution in [-0.2, 0) is 0 Å². The van der Waals surface area contributed by atoms with Gasteiger partial charge in [0.2, 0.25) is 0 Å². The van der Waals surface area contributed by atoms with Gasteiger partial charge in [-0.25, -0.2) is 0 Å². The highest BCUT2D eigenvalue weighted by molar-refractivity contribution is 8.14. The van der Waals surface area contributed by atoms with Gasteiger partial charge >= 0.3 is 0 Å². The fourth-order valence-electron chi connectivity index (χ4n) is 2.98. The fourth-order valence-corrected chi connectivity index (χ4v) is 4.13. The molecule has 3 heteroatoms. The van der Waals surface area contributed by atoms with E-state index in [1.807, 2.05) is 11.8 Å². The number of fused-ring (bicyclic) bond motifs is 1. The van der Waals surface area contributed by atoms with Crippen LogP contribution in [0.3, 0.4) is 0 Å². The van der Waals surface area contributed by atoms with Gasteiger partial charge in [-0.1, -0.05) is 36.7 Å². The van der Waals surface area contributed by atoms with E-state index in [2.05, 4.69) is 37.4 Å². The zero-order valence-corrected chi connectivity index (χ0v) is 12.6. The van der Waals surface area contributed by atoms with Crippen molar-refractivity contribution >= 4 is 22.6 Å². The van der Waals surface area contributed by atoms with Gasteiger partial charge in [-0.2, -0.15) is 0 Å². The largest absolute Gasteiger partial charge is 0.335 e. The van der Waals surface area contributed by atoms with E-state index in [1.165, 1.54) is 48.3 Å². The molecule has 102 valence electrons. The van der Waals surface area contributed by atoms with Crippen LogP contribution in [0.5, 0.6) is 0 Å². The Balaban J connectivity index is 1.76. The van der Waals surface area contributed by atoms with Gasteiger partial charge in [0, 0.05) is 11.4 Å². The Labute approximate surface area is 120 Å². The molecule has 0 bridgehead atoms. The molecule has 2 atom stereocenters. The van der Waals surface area contributed by atoms with Crippen molar-refractivity contribution in [3.05, 3.63) is 29.3 Å². The predicted molar refractivity (Wildman–Crippen MR) is 85.2 cm³/mol. The molecule has 0 radical (unpaired) electrons. The molecule has 2 aliphatic rings. The standard InChI is InChI=1S/C16H22N2S/c1-11-7-8-12(2)15(9-11)18-16-17-14-6-4-3-5-13(14)10-19-16/h7-9,13-14H,3-6,10H2,1-2H3,(H,17,18). The SMILES string of the molecule is Cc1ccc(C)c(NC2=NC3CCCCC3CS2)c1. The van der Waals surface area contributed by atoms with Gasteiger partial charge in [0.1, 0.15) is 0 Å². The summed E-state index contributed by atoms with van der Waals surface area (Å²) in [5, 5.41) is 4.66. The van der Waals surface area contributed by atoms with Gasteiger partial charge in [-0.05, 0) is 49.8 Å². The molecule has 3 rings (SSSR count). The van der Waals surface area contributed by atoms with Gasteiger partial charge in [0.05, 0.1) is 6.04 Å². The Morgan fingerprint density at radius 1 is 1.21 bits per heavy atom. The first-order valence-corrected chi connectivity index (χ1v) is 8.26. The zero-order chi connectivity index (χ0) is 13.2. The molecule has 1 aromatic rings. The van der Waals surface area contributed by atoms with Crippen molar-refractivity contribution in [2.45, 2.75) is 45.6 Å². The number of rotatable bonds is 1. The molecule has 1 aromatic carbocycles. The summed E-state index contributed by atoms with van der Waals surface area (Å²) in [4.78, 5) is 4.94. The molecular formula is C16H22N2S. The van der Waals surface area contributed by atoms with Gasteiger partial charge in [-0.3, -0.25) is 4.99 Å². The number of hydrogen-bond acceptors (Lipinski definition) is 3. The first-order chi connectivity index (χ1) is 9.22. The number of amidine groups is 1. The first kappa shape index (κ1) is 13.0. The van der Waals surface area contributed by atoms with Crippen LogP contribution in [0.15, 0.2) is 23.2 Å². The monoisotopic (exact) mass is 274 g/mol. The average Bonchev–Trinajstić information content (AvgIpc) is 2.43. The number of nitrogens with zero attached hydrogens (tertiary/aromatic N) is 1. The van der Waals surface area contributed by atoms with Crippen molar-refractivity contribution in [1.29, 1.82) is 0 Å². The summed E-state index contributed by atoms with van der Waals surface area (Å²) in [7, 11) is 0. The third kappa shape index (κ3) is 2.97. The fraction of sp³-hybridized carbons (Fsp3) is 0.562. The van der Waals surface area contributed by atoms with Crippen molar-refractivity contribution in [2.75, 3.05) is 11.1 Å². The van der Waals surface area contributed by atoms with Crippen molar-refractivity contribution < 1.29 is 0 Å². The van der Waals surface area contributed by atoms with Crippen LogP contribution in [0.1, 0.15) is 36.8 Å². The number of aliphatic imine (C=N–C) groups is 1. The lowest BCUT2D eigenvalue weighted by molar-refractivity contribution is 0.336. The van der Waals surface area contributed by atoms with Crippen LogP contribution in [0.25, 0.3) is 0 Å². The minimum absolute atomic E-state index is 0.572. The van der Waals surface area contributed by atoms with Crippen LogP contribution in [0, 0.1) is 19.8 Å². The van der Waals surface area contributed by atoms with Crippen molar-refractivity contribution in [3.8, 4) is 0 Å². The highest BCUT2D eigenvalue weighted by atomic mass is 32.2. The molecule has 0 spiro atoms. The predicted octanol–water partition coefficient (Wildman–Crippen LogP) is 4.38. The highest BCUT2D eigenvalue weighted by Gasteiger charge is 2.29. The van der Waals surface area contributed by atoms with E-state index < -0.39 is 0 Å². The van der Waals surface area contributed by atoms with Crippen LogP contribution < -0.4 is 5.32 Å². The minimum Gasteiger partial charge on any atom is -0.335 e. The normalized spacial score (nSPS) is 26.5. The number of benzene rings is 1. The lowest BCUT2D eigenvalue weighted by Crippen LogP contribution is -2.31. The summed E-state index contributed by atoms with van der Waals surface area (Å²) < 4.78 is 0. The summed E-state index contributed by atoms with van der Waals surface area (Å²) in [6, 6.07) is 7.12. The average molecular weight is 274 g/mol. The minimum atomic E-state index is 0.572. The van der Waals surface area contributed by atoms with E-state index in [-0.39, 0.29) is 0 Å². The quantitative estimate of drug-likeness (QED) is 0.822. The van der Waals surface area contributed by atoms with Crippen LogP contribution >= 0.6 is 11.8 Å². The number of thioether (sulfide) groups is 1. The molecular weight excluding hydrogens is 252 g/mol. The number of aryl methyl sites for hydroxylation is 2. The summed E-state index contributed by atoms with van der Waals surface area (Å²) in [6.07, 6.45) is 5.41. The van der Waals surface area contributed by atoms with E-state index in [4.69, 9.17) is 4.99 Å². The lowest BCUT2D eigenvalue weighted by atomic mass is 9.86. The van der Waals surface area contributed by atoms with E-state index in [0.717, 1.165) is 11.1 Å². The number of anilines is 1. The molecule has 1 fully saturated rings. The third-order valence-electron chi connectivity index (χ3n) is 4.22. The second-order valence-corrected chi connectivity index (χ2v) is 6.81. The summed E-state index contributed by atoms with van der Waals surface area (Å²) in [6.45, 7) is 4.29. The van der Waals surface area contributed by atoms with Crippen molar-refractivity contribution in [2.24, 2.45) is 10.9 Å². The van der Waals surface area contributed by atoms with Crippen molar-refractivity contribution in [3.63, 3.8) is 0 Å². The topological polar surface area (TPSA) is 24.4 Å². The van der Waals surface area contributed by atoms with Gasteiger partial charge in [-0.15, -0.1) is 0 Å². The van der Waals surface area contributed by atoms with E-state index in [9.17, 15) is 0 Å². The van der Waals surface area contributed by atoms with Crippen LogP contribution in [0.2, 0.25) is 0 Å². The molecule has 2 nitrogen and oxygen atoms in total. The smallest absolute Gasteiger partial charge is 0.161 e. The first-order valence-electron chi connectivity index (χ1n) is 7.27. The van der Waals surface area contributed by atoms with Gasteiger partial charge in [0.25, 0.3) is 0 Å². The molecule has 1 aliphatic heterocycles.